The molecule has 0 fully saturated rings. The monoisotopic (exact) mass is 436 g/mol. The van der Waals surface area contributed by atoms with Crippen molar-refractivity contribution in [3.05, 3.63) is 70.3 Å². The summed E-state index contributed by atoms with van der Waals surface area (Å²) in [6, 6.07) is 11.2. The van der Waals surface area contributed by atoms with E-state index >= 15 is 0 Å². The van der Waals surface area contributed by atoms with Crippen LogP contribution < -0.4 is 10.3 Å². The summed E-state index contributed by atoms with van der Waals surface area (Å²) in [6.45, 7) is 1.44. The fourth-order valence-electron chi connectivity index (χ4n) is 3.41. The first-order chi connectivity index (χ1) is 14.6. The second-order valence-corrected chi connectivity index (χ2v) is 7.21. The molecule has 2 atom stereocenters. The highest BCUT2D eigenvalue weighted by Crippen LogP contribution is 2.40. The number of aliphatic hydroxyl groups is 1. The maximum absolute atomic E-state index is 14.0. The maximum Gasteiger partial charge on any atom is 0.422 e. The summed E-state index contributed by atoms with van der Waals surface area (Å²) < 4.78 is 60.4. The Morgan fingerprint density at radius 1 is 1.16 bits per heavy atom. The minimum Gasteiger partial charge on any atom is -0.493 e. The Morgan fingerprint density at radius 2 is 1.87 bits per heavy atom. The second kappa shape index (κ2) is 8.50. The number of fused-ring (bicyclic) bond motifs is 1. The van der Waals surface area contributed by atoms with E-state index in [1.54, 1.807) is 6.07 Å². The molecule has 3 aromatic rings. The number of H-pyrrole nitrogens is 1. The van der Waals surface area contributed by atoms with Gasteiger partial charge in [0.2, 0.25) is 5.56 Å². The van der Waals surface area contributed by atoms with Gasteiger partial charge in [0, 0.05) is 23.2 Å². The van der Waals surface area contributed by atoms with Gasteiger partial charge < -0.3 is 14.8 Å². The lowest BCUT2D eigenvalue weighted by molar-refractivity contribution is -0.231. The number of methoxy groups -OCH3 is 1. The van der Waals surface area contributed by atoms with E-state index in [-0.39, 0.29) is 22.6 Å². The van der Waals surface area contributed by atoms with Gasteiger partial charge in [0.25, 0.3) is 0 Å². The number of hydrogen-bond donors (Lipinski definition) is 2. The van der Waals surface area contributed by atoms with E-state index in [9.17, 15) is 27.5 Å². The molecule has 5 nitrogen and oxygen atoms in total. The number of para-hydroxylation sites is 1. The van der Waals surface area contributed by atoms with Gasteiger partial charge in [-0.3, -0.25) is 9.79 Å². The van der Waals surface area contributed by atoms with Crippen molar-refractivity contribution in [1.29, 1.82) is 0 Å². The number of halogens is 4. The van der Waals surface area contributed by atoms with Crippen LogP contribution in [0.4, 0.5) is 23.2 Å². The zero-order valence-corrected chi connectivity index (χ0v) is 16.7. The lowest BCUT2D eigenvalue weighted by Crippen LogP contribution is -2.47. The predicted octanol–water partition coefficient (Wildman–Crippen LogP) is 4.87. The third-order valence-electron chi connectivity index (χ3n) is 5.00. The molecule has 0 saturated heterocycles. The molecule has 2 N–H and O–H groups in total. The van der Waals surface area contributed by atoms with Crippen LogP contribution in [0.1, 0.15) is 24.8 Å². The van der Waals surface area contributed by atoms with E-state index in [0.717, 1.165) is 6.07 Å². The molecule has 164 valence electrons. The van der Waals surface area contributed by atoms with Gasteiger partial charge in [-0.2, -0.15) is 13.2 Å². The van der Waals surface area contributed by atoms with Gasteiger partial charge in [-0.1, -0.05) is 25.1 Å². The van der Waals surface area contributed by atoms with Crippen molar-refractivity contribution in [2.24, 2.45) is 4.99 Å². The van der Waals surface area contributed by atoms with Crippen LogP contribution in [0.25, 0.3) is 10.9 Å². The lowest BCUT2D eigenvalue weighted by atomic mass is 9.86. The van der Waals surface area contributed by atoms with E-state index in [4.69, 9.17) is 4.74 Å². The van der Waals surface area contributed by atoms with E-state index in [1.807, 2.05) is 0 Å². The number of nitrogens with zero attached hydrogens (tertiary/aromatic N) is 1. The van der Waals surface area contributed by atoms with Crippen LogP contribution in [0.2, 0.25) is 0 Å². The summed E-state index contributed by atoms with van der Waals surface area (Å²) in [5.41, 5.74) is -2.91. The van der Waals surface area contributed by atoms with Crippen LogP contribution in [0.5, 0.6) is 5.75 Å². The van der Waals surface area contributed by atoms with Crippen molar-refractivity contribution < 1.29 is 27.4 Å². The Labute approximate surface area is 175 Å². The number of aromatic nitrogens is 1. The number of nitrogens with one attached hydrogen (secondary N) is 1. The molecule has 1 aromatic heterocycles. The standard InChI is InChI=1S/C22H20F4N2O3/c1-13(14-5-3-6-16(23)20(14)31-2)11-21(30,22(24,25)26)12-27-17-7-4-8-18-15(17)9-10-19(29)28-18/h3-10,12-13,30H,11H2,1-2H3,(H,28,29)/t13-,21?/m1/s1. The van der Waals surface area contributed by atoms with Gasteiger partial charge in [0.05, 0.1) is 18.3 Å². The van der Waals surface area contributed by atoms with E-state index in [0.29, 0.717) is 17.1 Å². The molecule has 1 unspecified atom stereocenters. The topological polar surface area (TPSA) is 74.7 Å². The average Bonchev–Trinajstić information content (AvgIpc) is 2.70. The summed E-state index contributed by atoms with van der Waals surface area (Å²) >= 11 is 0. The summed E-state index contributed by atoms with van der Waals surface area (Å²) in [6.07, 6.45) is -5.40. The van der Waals surface area contributed by atoms with Crippen LogP contribution in [0, 0.1) is 5.82 Å². The Morgan fingerprint density at radius 3 is 2.55 bits per heavy atom. The van der Waals surface area contributed by atoms with Gasteiger partial charge in [-0.25, -0.2) is 4.39 Å². The highest BCUT2D eigenvalue weighted by atomic mass is 19.4. The lowest BCUT2D eigenvalue weighted by Gasteiger charge is -2.30. The Bertz CT molecular complexity index is 1170. The highest BCUT2D eigenvalue weighted by Gasteiger charge is 2.53. The fraction of sp³-hybridized carbons (Fsp3) is 0.273. The van der Waals surface area contributed by atoms with Crippen LogP contribution in [0.3, 0.4) is 0 Å². The minimum atomic E-state index is -5.04. The molecule has 0 aliphatic heterocycles. The maximum atomic E-state index is 14.0. The Kier molecular flexibility index (Phi) is 6.17. The molecule has 1 heterocycles. The Hall–Kier alpha value is -3.20. The summed E-state index contributed by atoms with van der Waals surface area (Å²) in [5, 5.41) is 10.9. The smallest absolute Gasteiger partial charge is 0.422 e. The summed E-state index contributed by atoms with van der Waals surface area (Å²) in [4.78, 5) is 17.9. The van der Waals surface area contributed by atoms with Gasteiger partial charge in [0.15, 0.2) is 17.2 Å². The van der Waals surface area contributed by atoms with Gasteiger partial charge >= 0.3 is 6.18 Å². The van der Waals surface area contributed by atoms with Crippen molar-refractivity contribution in [2.75, 3.05) is 7.11 Å². The SMILES string of the molecule is COc1c(F)cccc1[C@H](C)CC(O)(C=Nc1cccc2[nH]c(=O)ccc12)C(F)(F)F. The predicted molar refractivity (Wildman–Crippen MR) is 110 cm³/mol. The molecule has 0 spiro atoms. The van der Waals surface area contributed by atoms with E-state index in [2.05, 4.69) is 9.98 Å². The molecular weight excluding hydrogens is 416 g/mol. The van der Waals surface area contributed by atoms with Crippen LogP contribution in [0.15, 0.2) is 58.3 Å². The zero-order chi connectivity index (χ0) is 22.8. The molecular formula is C22H20F4N2O3. The van der Waals surface area contributed by atoms with Crippen LogP contribution in [-0.4, -0.2) is 35.2 Å². The fourth-order valence-corrected chi connectivity index (χ4v) is 3.41. The number of rotatable bonds is 6. The molecule has 0 radical (unpaired) electrons. The zero-order valence-electron chi connectivity index (χ0n) is 16.7. The molecule has 0 aliphatic rings. The largest absolute Gasteiger partial charge is 0.493 e. The minimum absolute atomic E-state index is 0.146. The molecule has 0 bridgehead atoms. The van der Waals surface area contributed by atoms with Crippen molar-refractivity contribution in [2.45, 2.75) is 31.0 Å². The van der Waals surface area contributed by atoms with E-state index < -0.39 is 29.9 Å². The number of pyridine rings is 1. The molecule has 0 aliphatic carbocycles. The number of alkyl halides is 3. The van der Waals surface area contributed by atoms with Crippen molar-refractivity contribution >= 4 is 22.8 Å². The van der Waals surface area contributed by atoms with Crippen molar-refractivity contribution in [3.63, 3.8) is 0 Å². The van der Waals surface area contributed by atoms with Crippen LogP contribution in [-0.2, 0) is 0 Å². The first kappa shape index (κ1) is 22.5. The molecule has 0 saturated carbocycles. The molecule has 31 heavy (non-hydrogen) atoms. The first-order valence-corrected chi connectivity index (χ1v) is 9.34. The normalized spacial score (nSPS) is 15.2. The van der Waals surface area contributed by atoms with Crippen molar-refractivity contribution in [1.82, 2.24) is 4.98 Å². The van der Waals surface area contributed by atoms with Gasteiger partial charge in [-0.05, 0) is 36.6 Å². The van der Waals surface area contributed by atoms with Crippen molar-refractivity contribution in [3.8, 4) is 5.75 Å². The van der Waals surface area contributed by atoms with Crippen LogP contribution >= 0.6 is 0 Å². The molecule has 0 amide bonds. The third-order valence-corrected chi connectivity index (χ3v) is 5.00. The summed E-state index contributed by atoms with van der Waals surface area (Å²) in [5.74, 6) is -1.79. The number of ether oxygens (including phenoxy) is 1. The Balaban J connectivity index is 1.99. The number of aromatic amines is 1. The molecule has 9 heteroatoms. The van der Waals surface area contributed by atoms with Gasteiger partial charge in [0.1, 0.15) is 0 Å². The highest BCUT2D eigenvalue weighted by molar-refractivity contribution is 5.91. The van der Waals surface area contributed by atoms with Gasteiger partial charge in [-0.15, -0.1) is 0 Å². The second-order valence-electron chi connectivity index (χ2n) is 7.21. The number of benzene rings is 2. The number of hydrogen-bond acceptors (Lipinski definition) is 4. The third kappa shape index (κ3) is 4.61. The average molecular weight is 436 g/mol. The molecule has 3 rings (SSSR count). The van der Waals surface area contributed by atoms with E-state index in [1.165, 1.54) is 50.4 Å². The summed E-state index contributed by atoms with van der Waals surface area (Å²) in [7, 11) is 1.22. The first-order valence-electron chi connectivity index (χ1n) is 9.34. The molecule has 2 aromatic carbocycles. The quantitative estimate of drug-likeness (QED) is 0.428. The number of aliphatic imine (C=N–C) groups is 1.